The third-order valence-electron chi connectivity index (χ3n) is 3.85. The van der Waals surface area contributed by atoms with Crippen LogP contribution in [0, 0.1) is 19.3 Å². The van der Waals surface area contributed by atoms with Gasteiger partial charge in [-0.1, -0.05) is 6.42 Å². The first kappa shape index (κ1) is 11.2. The van der Waals surface area contributed by atoms with Gasteiger partial charge in [-0.05, 0) is 44.2 Å². The Kier molecular flexibility index (Phi) is 2.78. The predicted molar refractivity (Wildman–Crippen MR) is 62.4 cm³/mol. The van der Waals surface area contributed by atoms with Gasteiger partial charge in [-0.25, -0.2) is 0 Å². The van der Waals surface area contributed by atoms with Crippen LogP contribution in [0.4, 0.5) is 0 Å². The highest BCUT2D eigenvalue weighted by Gasteiger charge is 2.39. The molecule has 1 aromatic rings. The molecule has 0 saturated heterocycles. The molecule has 0 unspecified atom stereocenters. The third-order valence-corrected chi connectivity index (χ3v) is 3.85. The first-order valence-corrected chi connectivity index (χ1v) is 5.87. The summed E-state index contributed by atoms with van der Waals surface area (Å²) in [6.07, 6.45) is 3.59. The third kappa shape index (κ3) is 1.99. The van der Waals surface area contributed by atoms with Gasteiger partial charge in [0.15, 0.2) is 0 Å². The zero-order chi connectivity index (χ0) is 11.8. The minimum Gasteiger partial charge on any atom is -0.481 e. The molecule has 0 spiro atoms. The van der Waals surface area contributed by atoms with Gasteiger partial charge in [0, 0.05) is 17.9 Å². The van der Waals surface area contributed by atoms with E-state index in [0.717, 1.165) is 19.4 Å². The Labute approximate surface area is 96.1 Å². The van der Waals surface area contributed by atoms with E-state index in [1.54, 1.807) is 0 Å². The summed E-state index contributed by atoms with van der Waals surface area (Å²) in [5, 5.41) is 8.97. The summed E-state index contributed by atoms with van der Waals surface area (Å²) in [5.41, 5.74) is 2.48. The Morgan fingerprint density at radius 1 is 1.38 bits per heavy atom. The number of hydrogen-bond donors (Lipinski definition) is 1. The lowest BCUT2D eigenvalue weighted by atomic mass is 9.66. The van der Waals surface area contributed by atoms with Crippen molar-refractivity contribution in [1.82, 2.24) is 4.57 Å². The maximum Gasteiger partial charge on any atom is 0.303 e. The molecule has 0 bridgehead atoms. The molecule has 1 aliphatic carbocycles. The minimum absolute atomic E-state index is 0.0143. The number of nitrogens with zero attached hydrogens (tertiary/aromatic N) is 1. The highest BCUT2D eigenvalue weighted by molar-refractivity contribution is 5.67. The molecule has 1 heterocycles. The Morgan fingerprint density at radius 3 is 2.31 bits per heavy atom. The van der Waals surface area contributed by atoms with E-state index in [1.165, 1.54) is 17.8 Å². The maximum absolute atomic E-state index is 10.9. The van der Waals surface area contributed by atoms with Crippen molar-refractivity contribution in [3.8, 4) is 0 Å². The van der Waals surface area contributed by atoms with E-state index in [9.17, 15) is 4.79 Å². The fourth-order valence-corrected chi connectivity index (χ4v) is 2.67. The van der Waals surface area contributed by atoms with Gasteiger partial charge in [0.05, 0.1) is 6.42 Å². The van der Waals surface area contributed by atoms with Crippen LogP contribution in [0.1, 0.15) is 37.1 Å². The van der Waals surface area contributed by atoms with Crippen molar-refractivity contribution < 1.29 is 9.90 Å². The summed E-state index contributed by atoms with van der Waals surface area (Å²) in [6.45, 7) is 5.03. The van der Waals surface area contributed by atoms with Crippen molar-refractivity contribution in [3.63, 3.8) is 0 Å². The second kappa shape index (κ2) is 3.96. The molecule has 1 aromatic heterocycles. The fourth-order valence-electron chi connectivity index (χ4n) is 2.67. The number of carbonyl (C=O) groups is 1. The molecule has 16 heavy (non-hydrogen) atoms. The molecule has 88 valence electrons. The summed E-state index contributed by atoms with van der Waals surface area (Å²) >= 11 is 0. The van der Waals surface area contributed by atoms with Crippen LogP contribution >= 0.6 is 0 Å². The van der Waals surface area contributed by atoms with Crippen molar-refractivity contribution in [2.24, 2.45) is 5.41 Å². The van der Waals surface area contributed by atoms with Crippen LogP contribution < -0.4 is 0 Å². The maximum atomic E-state index is 10.9. The second-order valence-corrected chi connectivity index (χ2v) is 5.13. The van der Waals surface area contributed by atoms with E-state index >= 15 is 0 Å². The molecule has 3 heteroatoms. The van der Waals surface area contributed by atoms with E-state index in [0.29, 0.717) is 6.42 Å². The molecular weight excluding hydrogens is 202 g/mol. The molecule has 0 amide bonds. The fraction of sp³-hybridized carbons (Fsp3) is 0.615. The summed E-state index contributed by atoms with van der Waals surface area (Å²) in [6, 6.07) is 4.20. The van der Waals surface area contributed by atoms with Crippen LogP contribution in [-0.2, 0) is 11.3 Å². The lowest BCUT2D eigenvalue weighted by molar-refractivity contribution is -0.141. The highest BCUT2D eigenvalue weighted by atomic mass is 16.4. The largest absolute Gasteiger partial charge is 0.481 e. The van der Waals surface area contributed by atoms with Gasteiger partial charge in [-0.15, -0.1) is 0 Å². The Morgan fingerprint density at radius 2 is 1.94 bits per heavy atom. The number of carboxylic acids is 1. The smallest absolute Gasteiger partial charge is 0.303 e. The van der Waals surface area contributed by atoms with E-state index in [-0.39, 0.29) is 5.41 Å². The van der Waals surface area contributed by atoms with Crippen LogP contribution in [0.25, 0.3) is 0 Å². The molecule has 1 N–H and O–H groups in total. The zero-order valence-electron chi connectivity index (χ0n) is 9.99. The van der Waals surface area contributed by atoms with Crippen molar-refractivity contribution in [2.45, 2.75) is 46.1 Å². The molecule has 1 fully saturated rings. The average molecular weight is 221 g/mol. The Bertz CT molecular complexity index is 383. The SMILES string of the molecule is Cc1ccc(C)n1CC1(CC(=O)O)CCC1. The van der Waals surface area contributed by atoms with Gasteiger partial charge in [0.1, 0.15) is 0 Å². The normalized spacial score (nSPS) is 18.1. The lowest BCUT2D eigenvalue weighted by Crippen LogP contribution is -2.36. The van der Waals surface area contributed by atoms with Crippen LogP contribution in [0.3, 0.4) is 0 Å². The van der Waals surface area contributed by atoms with Crippen LogP contribution in [0.15, 0.2) is 12.1 Å². The second-order valence-electron chi connectivity index (χ2n) is 5.13. The highest BCUT2D eigenvalue weighted by Crippen LogP contribution is 2.45. The van der Waals surface area contributed by atoms with Crippen molar-refractivity contribution in [3.05, 3.63) is 23.5 Å². The first-order chi connectivity index (χ1) is 7.52. The number of hydrogen-bond acceptors (Lipinski definition) is 1. The number of aromatic nitrogens is 1. The van der Waals surface area contributed by atoms with E-state index in [4.69, 9.17) is 5.11 Å². The summed E-state index contributed by atoms with van der Waals surface area (Å²) in [5.74, 6) is -0.665. The summed E-state index contributed by atoms with van der Waals surface area (Å²) < 4.78 is 2.25. The number of carboxylic acid groups (broad SMARTS) is 1. The molecule has 1 saturated carbocycles. The van der Waals surface area contributed by atoms with Crippen molar-refractivity contribution in [2.75, 3.05) is 0 Å². The number of aliphatic carboxylic acids is 1. The molecule has 2 rings (SSSR count). The van der Waals surface area contributed by atoms with Crippen molar-refractivity contribution >= 4 is 5.97 Å². The van der Waals surface area contributed by atoms with Crippen LogP contribution in [0.5, 0.6) is 0 Å². The molecule has 0 aromatic carbocycles. The molecule has 0 radical (unpaired) electrons. The van der Waals surface area contributed by atoms with Gasteiger partial charge in [0.25, 0.3) is 0 Å². The minimum atomic E-state index is -0.665. The lowest BCUT2D eigenvalue weighted by Gasteiger charge is -2.41. The van der Waals surface area contributed by atoms with Crippen LogP contribution in [0.2, 0.25) is 0 Å². The Balaban J connectivity index is 2.15. The van der Waals surface area contributed by atoms with Crippen LogP contribution in [-0.4, -0.2) is 15.6 Å². The van der Waals surface area contributed by atoms with Gasteiger partial charge < -0.3 is 9.67 Å². The monoisotopic (exact) mass is 221 g/mol. The van der Waals surface area contributed by atoms with Gasteiger partial charge in [-0.3, -0.25) is 4.79 Å². The zero-order valence-corrected chi connectivity index (χ0v) is 9.99. The number of rotatable bonds is 4. The molecule has 3 nitrogen and oxygen atoms in total. The predicted octanol–water partition coefficient (Wildman–Crippen LogP) is 2.75. The van der Waals surface area contributed by atoms with Crippen molar-refractivity contribution in [1.29, 1.82) is 0 Å². The van der Waals surface area contributed by atoms with E-state index in [1.807, 2.05) is 0 Å². The Hall–Kier alpha value is -1.25. The molecule has 0 atom stereocenters. The van der Waals surface area contributed by atoms with E-state index < -0.39 is 5.97 Å². The summed E-state index contributed by atoms with van der Waals surface area (Å²) in [4.78, 5) is 10.9. The molecule has 0 aliphatic heterocycles. The first-order valence-electron chi connectivity index (χ1n) is 5.87. The average Bonchev–Trinajstić information content (AvgIpc) is 2.44. The quantitative estimate of drug-likeness (QED) is 0.849. The van der Waals surface area contributed by atoms with Gasteiger partial charge in [-0.2, -0.15) is 0 Å². The van der Waals surface area contributed by atoms with Gasteiger partial charge >= 0.3 is 5.97 Å². The van der Waals surface area contributed by atoms with Gasteiger partial charge in [0.2, 0.25) is 0 Å². The van der Waals surface area contributed by atoms with E-state index in [2.05, 4.69) is 30.5 Å². The molecular formula is C13H19NO2. The number of aryl methyl sites for hydroxylation is 2. The molecule has 1 aliphatic rings. The standard InChI is InChI=1S/C13H19NO2/c1-10-4-5-11(2)14(10)9-13(6-3-7-13)8-12(15)16/h4-5H,3,6-9H2,1-2H3,(H,15,16). The summed E-state index contributed by atoms with van der Waals surface area (Å²) in [7, 11) is 0. The topological polar surface area (TPSA) is 42.2 Å².